The van der Waals surface area contributed by atoms with Gasteiger partial charge in [-0.25, -0.2) is 4.39 Å². The molecular formula is C12H14FNO. The second-order valence-corrected chi connectivity index (χ2v) is 3.15. The molecule has 0 unspecified atom stereocenters. The van der Waals surface area contributed by atoms with Crippen molar-refractivity contribution in [3.8, 4) is 0 Å². The van der Waals surface area contributed by atoms with E-state index < -0.39 is 0 Å². The molecule has 3 heteroatoms. The number of amides is 1. The lowest BCUT2D eigenvalue weighted by molar-refractivity contribution is -0.117. The first kappa shape index (κ1) is 11.4. The number of halogens is 1. The largest absolute Gasteiger partial charge is 0.355 e. The van der Waals surface area contributed by atoms with E-state index in [9.17, 15) is 9.18 Å². The van der Waals surface area contributed by atoms with Gasteiger partial charge in [-0.2, -0.15) is 0 Å². The Morgan fingerprint density at radius 1 is 1.40 bits per heavy atom. The molecule has 0 spiro atoms. The third kappa shape index (κ3) is 3.20. The summed E-state index contributed by atoms with van der Waals surface area (Å²) in [5.74, 6) is -0.369. The van der Waals surface area contributed by atoms with E-state index in [-0.39, 0.29) is 11.7 Å². The smallest absolute Gasteiger partial charge is 0.246 e. The highest BCUT2D eigenvalue weighted by atomic mass is 19.1. The summed E-state index contributed by atoms with van der Waals surface area (Å²) in [6, 6.07) is 6.05. The highest BCUT2D eigenvalue weighted by molar-refractivity contribution is 5.97. The monoisotopic (exact) mass is 207 g/mol. The molecule has 0 saturated heterocycles. The van der Waals surface area contributed by atoms with Gasteiger partial charge in [-0.3, -0.25) is 4.79 Å². The average molecular weight is 207 g/mol. The van der Waals surface area contributed by atoms with Gasteiger partial charge in [-0.15, -0.1) is 0 Å². The number of hydrogen-bond donors (Lipinski definition) is 1. The van der Waals surface area contributed by atoms with Crippen molar-refractivity contribution >= 4 is 12.0 Å². The number of carbonyl (C=O) groups excluding carboxylic acids is 1. The second-order valence-electron chi connectivity index (χ2n) is 3.15. The molecule has 0 heterocycles. The Morgan fingerprint density at radius 2 is 2.00 bits per heavy atom. The normalized spacial score (nSPS) is 11.3. The molecule has 1 aromatic carbocycles. The molecule has 15 heavy (non-hydrogen) atoms. The Bertz CT molecular complexity index is 368. The molecule has 0 aromatic heterocycles. The third-order valence-electron chi connectivity index (χ3n) is 2.11. The van der Waals surface area contributed by atoms with E-state index in [1.165, 1.54) is 12.1 Å². The van der Waals surface area contributed by atoms with E-state index in [1.807, 2.05) is 6.92 Å². The maximum absolute atomic E-state index is 12.6. The fourth-order valence-electron chi connectivity index (χ4n) is 1.25. The first-order chi connectivity index (χ1) is 7.17. The molecule has 1 rings (SSSR count). The van der Waals surface area contributed by atoms with Crippen LogP contribution in [0.4, 0.5) is 4.39 Å². The Morgan fingerprint density at radius 3 is 2.47 bits per heavy atom. The highest BCUT2D eigenvalue weighted by Crippen LogP contribution is 2.10. The SMILES string of the molecule is CC/C(=C\c1ccc(F)cc1)C(=O)NC. The van der Waals surface area contributed by atoms with Gasteiger partial charge in [-0.1, -0.05) is 19.1 Å². The maximum atomic E-state index is 12.6. The number of rotatable bonds is 3. The molecule has 0 saturated carbocycles. The van der Waals surface area contributed by atoms with Crippen LogP contribution in [0.15, 0.2) is 29.8 Å². The molecule has 0 bridgehead atoms. The van der Waals surface area contributed by atoms with Crippen molar-refractivity contribution < 1.29 is 9.18 Å². The van der Waals surface area contributed by atoms with Crippen molar-refractivity contribution in [3.05, 3.63) is 41.2 Å². The lowest BCUT2D eigenvalue weighted by Crippen LogP contribution is -2.19. The van der Waals surface area contributed by atoms with Crippen LogP contribution >= 0.6 is 0 Å². The van der Waals surface area contributed by atoms with Crippen LogP contribution in [0, 0.1) is 5.82 Å². The molecular weight excluding hydrogens is 193 g/mol. The Balaban J connectivity index is 2.93. The van der Waals surface area contributed by atoms with Crippen molar-refractivity contribution in [1.82, 2.24) is 5.32 Å². The highest BCUT2D eigenvalue weighted by Gasteiger charge is 2.04. The molecule has 0 aliphatic carbocycles. The minimum absolute atomic E-state index is 0.0955. The Kier molecular flexibility index (Phi) is 4.03. The molecule has 0 aliphatic rings. The third-order valence-corrected chi connectivity index (χ3v) is 2.11. The summed E-state index contributed by atoms with van der Waals surface area (Å²) in [5, 5.41) is 2.57. The minimum Gasteiger partial charge on any atom is -0.355 e. The van der Waals surface area contributed by atoms with Crippen molar-refractivity contribution in [1.29, 1.82) is 0 Å². The van der Waals surface area contributed by atoms with Crippen LogP contribution in [-0.2, 0) is 4.79 Å². The van der Waals surface area contributed by atoms with Crippen molar-refractivity contribution in [2.45, 2.75) is 13.3 Å². The first-order valence-electron chi connectivity index (χ1n) is 4.85. The Hall–Kier alpha value is -1.64. The summed E-state index contributed by atoms with van der Waals surface area (Å²) < 4.78 is 12.6. The van der Waals surface area contributed by atoms with Crippen LogP contribution in [0.1, 0.15) is 18.9 Å². The molecule has 1 amide bonds. The summed E-state index contributed by atoms with van der Waals surface area (Å²) in [7, 11) is 1.59. The van der Waals surface area contributed by atoms with Crippen LogP contribution in [-0.4, -0.2) is 13.0 Å². The average Bonchev–Trinajstić information content (AvgIpc) is 2.27. The van der Waals surface area contributed by atoms with E-state index >= 15 is 0 Å². The number of likely N-dealkylation sites (N-methyl/N-ethyl adjacent to an activating group) is 1. The van der Waals surface area contributed by atoms with Gasteiger partial charge in [0.05, 0.1) is 0 Å². The van der Waals surface area contributed by atoms with Crippen LogP contribution in [0.25, 0.3) is 6.08 Å². The van der Waals surface area contributed by atoms with Crippen LogP contribution in [0.2, 0.25) is 0 Å². The molecule has 0 fully saturated rings. The lowest BCUT2D eigenvalue weighted by Gasteiger charge is -2.02. The van der Waals surface area contributed by atoms with Gasteiger partial charge >= 0.3 is 0 Å². The molecule has 0 atom stereocenters. The zero-order valence-electron chi connectivity index (χ0n) is 8.88. The topological polar surface area (TPSA) is 29.1 Å². The van der Waals surface area contributed by atoms with Gasteiger partial charge in [-0.05, 0) is 30.2 Å². The van der Waals surface area contributed by atoms with Crippen molar-refractivity contribution in [2.75, 3.05) is 7.05 Å². The summed E-state index contributed by atoms with van der Waals surface area (Å²) in [4.78, 5) is 11.4. The zero-order chi connectivity index (χ0) is 11.3. The van der Waals surface area contributed by atoms with Crippen LogP contribution in [0.5, 0.6) is 0 Å². The standard InChI is InChI=1S/C12H14FNO/c1-3-10(12(15)14-2)8-9-4-6-11(13)7-5-9/h4-8H,3H2,1-2H3,(H,14,15)/b10-8+. The van der Waals surface area contributed by atoms with Crippen LogP contribution < -0.4 is 5.32 Å². The van der Waals surface area contributed by atoms with Gasteiger partial charge in [0.2, 0.25) is 5.91 Å². The van der Waals surface area contributed by atoms with Crippen molar-refractivity contribution in [3.63, 3.8) is 0 Å². The van der Waals surface area contributed by atoms with E-state index in [0.29, 0.717) is 12.0 Å². The predicted octanol–water partition coefficient (Wildman–Crippen LogP) is 2.37. The number of carbonyl (C=O) groups is 1. The molecule has 1 N–H and O–H groups in total. The van der Waals surface area contributed by atoms with E-state index in [2.05, 4.69) is 5.32 Å². The van der Waals surface area contributed by atoms with Gasteiger partial charge in [0.15, 0.2) is 0 Å². The lowest BCUT2D eigenvalue weighted by atomic mass is 10.1. The van der Waals surface area contributed by atoms with Gasteiger partial charge in [0.25, 0.3) is 0 Å². The summed E-state index contributed by atoms with van der Waals surface area (Å²) >= 11 is 0. The summed E-state index contributed by atoms with van der Waals surface area (Å²) in [6.07, 6.45) is 2.41. The van der Waals surface area contributed by atoms with E-state index in [4.69, 9.17) is 0 Å². The number of nitrogens with one attached hydrogen (secondary N) is 1. The molecule has 1 aromatic rings. The van der Waals surface area contributed by atoms with Crippen LogP contribution in [0.3, 0.4) is 0 Å². The fourth-order valence-corrected chi connectivity index (χ4v) is 1.25. The molecule has 0 radical (unpaired) electrons. The zero-order valence-corrected chi connectivity index (χ0v) is 8.88. The number of hydrogen-bond acceptors (Lipinski definition) is 1. The Labute approximate surface area is 88.8 Å². The summed E-state index contributed by atoms with van der Waals surface area (Å²) in [5.41, 5.74) is 1.51. The number of benzene rings is 1. The second kappa shape index (κ2) is 5.29. The summed E-state index contributed by atoms with van der Waals surface area (Å²) in [6.45, 7) is 1.91. The van der Waals surface area contributed by atoms with Gasteiger partial charge in [0, 0.05) is 12.6 Å². The maximum Gasteiger partial charge on any atom is 0.246 e. The van der Waals surface area contributed by atoms with E-state index in [0.717, 1.165) is 5.56 Å². The minimum atomic E-state index is -0.273. The predicted molar refractivity (Wildman–Crippen MR) is 58.7 cm³/mol. The molecule has 80 valence electrons. The fraction of sp³-hybridized carbons (Fsp3) is 0.250. The van der Waals surface area contributed by atoms with Gasteiger partial charge < -0.3 is 5.32 Å². The van der Waals surface area contributed by atoms with Crippen molar-refractivity contribution in [2.24, 2.45) is 0 Å². The molecule has 0 aliphatic heterocycles. The first-order valence-corrected chi connectivity index (χ1v) is 4.85. The quantitative estimate of drug-likeness (QED) is 0.757. The molecule has 2 nitrogen and oxygen atoms in total. The van der Waals surface area contributed by atoms with E-state index in [1.54, 1.807) is 25.3 Å². The van der Waals surface area contributed by atoms with Gasteiger partial charge in [0.1, 0.15) is 5.82 Å².